The molecule has 1 fully saturated rings. The van der Waals surface area contributed by atoms with Gasteiger partial charge in [0.1, 0.15) is 24.2 Å². The zero-order valence-corrected chi connectivity index (χ0v) is 17.5. The number of hydrogen-bond donors (Lipinski definition) is 2. The fourth-order valence-corrected chi connectivity index (χ4v) is 4.73. The third-order valence-corrected chi connectivity index (χ3v) is 6.38. The van der Waals surface area contributed by atoms with Crippen molar-refractivity contribution in [3.8, 4) is 0 Å². The van der Waals surface area contributed by atoms with Crippen LogP contribution in [0.5, 0.6) is 0 Å². The van der Waals surface area contributed by atoms with Crippen LogP contribution in [0.4, 0.5) is 10.2 Å². The maximum Gasteiger partial charge on any atom is 0.142 e. The number of anilines is 1. The molecule has 2 aromatic rings. The second-order valence-electron chi connectivity index (χ2n) is 7.98. The van der Waals surface area contributed by atoms with E-state index in [1.165, 1.54) is 18.5 Å². The number of aldehydes is 1. The Morgan fingerprint density at radius 3 is 2.87 bits per heavy atom. The van der Waals surface area contributed by atoms with Crippen molar-refractivity contribution in [1.82, 2.24) is 14.9 Å². The van der Waals surface area contributed by atoms with Gasteiger partial charge in [0, 0.05) is 31.2 Å². The molecule has 3 N–H and O–H groups in total. The first-order valence-corrected chi connectivity index (χ1v) is 10.5. The van der Waals surface area contributed by atoms with Crippen molar-refractivity contribution < 1.29 is 14.3 Å². The Bertz CT molecular complexity index is 946. The Balaban J connectivity index is 1.58. The van der Waals surface area contributed by atoms with Crippen molar-refractivity contribution in [1.29, 1.82) is 0 Å². The standard InChI is InChI=1S/C21H25ClFN5O2/c1-12-9-27(20(17(24)10-29)13-2-4-15(22)16(23)8-13)6-7-28(12)21-14-3-5-18(30)19(14)25-11-26-21/h2,4,8,10-12,17-18,20,30H,3,5-7,9,24H2,1H3/t12-,17?,18-,20?/m0/s1. The van der Waals surface area contributed by atoms with Crippen LogP contribution in [0.3, 0.4) is 0 Å². The van der Waals surface area contributed by atoms with Crippen molar-refractivity contribution >= 4 is 23.7 Å². The lowest BCUT2D eigenvalue weighted by Crippen LogP contribution is -2.56. The summed E-state index contributed by atoms with van der Waals surface area (Å²) in [4.78, 5) is 24.6. The number of carbonyl (C=O) groups excluding carboxylic acids is 1. The number of nitrogens with zero attached hydrogens (tertiary/aromatic N) is 4. The Morgan fingerprint density at radius 2 is 2.17 bits per heavy atom. The molecule has 1 aliphatic heterocycles. The molecule has 1 saturated heterocycles. The lowest BCUT2D eigenvalue weighted by atomic mass is 9.96. The van der Waals surface area contributed by atoms with Crippen molar-refractivity contribution in [2.45, 2.75) is 44.0 Å². The molecule has 9 heteroatoms. The van der Waals surface area contributed by atoms with Gasteiger partial charge in [-0.2, -0.15) is 0 Å². The van der Waals surface area contributed by atoms with Gasteiger partial charge in [0.2, 0.25) is 0 Å². The normalized spacial score (nSPS) is 23.8. The minimum atomic E-state index is -0.789. The molecule has 1 aromatic carbocycles. The second-order valence-corrected chi connectivity index (χ2v) is 8.39. The van der Waals surface area contributed by atoms with Gasteiger partial charge in [0.15, 0.2) is 0 Å². The minimum absolute atomic E-state index is 0.0372. The minimum Gasteiger partial charge on any atom is -0.387 e. The van der Waals surface area contributed by atoms with Gasteiger partial charge in [-0.3, -0.25) is 4.90 Å². The second kappa shape index (κ2) is 8.55. The summed E-state index contributed by atoms with van der Waals surface area (Å²) >= 11 is 5.83. The van der Waals surface area contributed by atoms with E-state index < -0.39 is 24.0 Å². The van der Waals surface area contributed by atoms with Crippen LogP contribution in [0.2, 0.25) is 5.02 Å². The summed E-state index contributed by atoms with van der Waals surface area (Å²) in [6.45, 7) is 4.00. The number of rotatable bonds is 5. The monoisotopic (exact) mass is 433 g/mol. The molecule has 1 aromatic heterocycles. The zero-order valence-electron chi connectivity index (χ0n) is 16.7. The predicted octanol–water partition coefficient (Wildman–Crippen LogP) is 2.03. The van der Waals surface area contributed by atoms with Gasteiger partial charge in [0.05, 0.1) is 28.9 Å². The van der Waals surface area contributed by atoms with Gasteiger partial charge in [-0.25, -0.2) is 14.4 Å². The van der Waals surface area contributed by atoms with Crippen molar-refractivity contribution in [3.05, 3.63) is 52.2 Å². The molecule has 2 unspecified atom stereocenters. The quantitative estimate of drug-likeness (QED) is 0.696. The number of aliphatic hydroxyl groups is 1. The largest absolute Gasteiger partial charge is 0.387 e. The van der Waals surface area contributed by atoms with E-state index in [2.05, 4.69) is 26.7 Å². The maximum absolute atomic E-state index is 14.1. The first kappa shape index (κ1) is 21.1. The molecule has 0 spiro atoms. The first-order chi connectivity index (χ1) is 14.4. The van der Waals surface area contributed by atoms with Gasteiger partial charge in [-0.1, -0.05) is 17.7 Å². The third-order valence-electron chi connectivity index (χ3n) is 6.07. The van der Waals surface area contributed by atoms with Crippen LogP contribution in [-0.4, -0.2) is 58.0 Å². The lowest BCUT2D eigenvalue weighted by molar-refractivity contribution is -0.110. The summed E-state index contributed by atoms with van der Waals surface area (Å²) in [6.07, 6.45) is 3.08. The van der Waals surface area contributed by atoms with Gasteiger partial charge in [0.25, 0.3) is 0 Å². The molecule has 1 aliphatic carbocycles. The number of fused-ring (bicyclic) bond motifs is 1. The van der Waals surface area contributed by atoms with Gasteiger partial charge < -0.3 is 20.5 Å². The van der Waals surface area contributed by atoms with Crippen molar-refractivity contribution in [3.63, 3.8) is 0 Å². The van der Waals surface area contributed by atoms with Crippen LogP contribution in [-0.2, 0) is 11.2 Å². The Labute approximate surface area is 179 Å². The summed E-state index contributed by atoms with van der Waals surface area (Å²) < 4.78 is 14.1. The van der Waals surface area contributed by atoms with E-state index in [-0.39, 0.29) is 11.1 Å². The molecule has 4 atom stereocenters. The summed E-state index contributed by atoms with van der Waals surface area (Å²) in [7, 11) is 0. The van der Waals surface area contributed by atoms with Crippen LogP contribution >= 0.6 is 11.6 Å². The fraction of sp³-hybridized carbons (Fsp3) is 0.476. The highest BCUT2D eigenvalue weighted by atomic mass is 35.5. The number of piperazine rings is 1. The van der Waals surface area contributed by atoms with Crippen molar-refractivity contribution in [2.24, 2.45) is 5.73 Å². The fourth-order valence-electron chi connectivity index (χ4n) is 4.61. The molecule has 30 heavy (non-hydrogen) atoms. The molecule has 4 rings (SSSR count). The summed E-state index contributed by atoms with van der Waals surface area (Å²) in [6, 6.07) is 3.40. The number of nitrogens with two attached hydrogens (primary N) is 1. The van der Waals surface area contributed by atoms with E-state index in [4.69, 9.17) is 17.3 Å². The molecule has 2 aliphatic rings. The van der Waals surface area contributed by atoms with E-state index in [1.807, 2.05) is 0 Å². The molecule has 0 radical (unpaired) electrons. The highest BCUT2D eigenvalue weighted by molar-refractivity contribution is 6.30. The highest BCUT2D eigenvalue weighted by Gasteiger charge is 2.35. The molecule has 0 amide bonds. The zero-order chi connectivity index (χ0) is 21.4. The average Bonchev–Trinajstić information content (AvgIpc) is 3.12. The van der Waals surface area contributed by atoms with Gasteiger partial charge in [-0.15, -0.1) is 0 Å². The molecule has 160 valence electrons. The number of halogens is 2. The van der Waals surface area contributed by atoms with Gasteiger partial charge >= 0.3 is 0 Å². The molecular weight excluding hydrogens is 409 g/mol. The van der Waals surface area contributed by atoms with Gasteiger partial charge in [-0.05, 0) is 37.5 Å². The van der Waals surface area contributed by atoms with Crippen LogP contribution in [0.25, 0.3) is 0 Å². The number of benzene rings is 1. The molecule has 2 heterocycles. The van der Waals surface area contributed by atoms with Crippen LogP contribution in [0.1, 0.15) is 42.3 Å². The summed E-state index contributed by atoms with van der Waals surface area (Å²) in [5, 5.41) is 10.2. The SMILES string of the molecule is C[C@H]1CN(C(c2ccc(Cl)c(F)c2)C(N)C=O)CCN1c1ncnc2c1CC[C@@H]2O. The van der Waals surface area contributed by atoms with Crippen LogP contribution in [0.15, 0.2) is 24.5 Å². The molecule has 0 saturated carbocycles. The topological polar surface area (TPSA) is 95.6 Å². The molecule has 7 nitrogen and oxygen atoms in total. The summed E-state index contributed by atoms with van der Waals surface area (Å²) in [5.74, 6) is 0.330. The predicted molar refractivity (Wildman–Crippen MR) is 112 cm³/mol. The Hall–Kier alpha value is -2.13. The van der Waals surface area contributed by atoms with E-state index in [1.54, 1.807) is 6.07 Å². The van der Waals surface area contributed by atoms with Crippen molar-refractivity contribution in [2.75, 3.05) is 24.5 Å². The average molecular weight is 434 g/mol. The van der Waals surface area contributed by atoms with E-state index in [0.717, 1.165) is 17.8 Å². The smallest absolute Gasteiger partial charge is 0.142 e. The molecular formula is C21H25ClFN5O2. The number of hydrogen-bond acceptors (Lipinski definition) is 7. The third kappa shape index (κ3) is 3.80. The lowest BCUT2D eigenvalue weighted by Gasteiger charge is -2.45. The first-order valence-electron chi connectivity index (χ1n) is 10.1. The van der Waals surface area contributed by atoms with E-state index in [0.29, 0.717) is 43.6 Å². The summed E-state index contributed by atoms with van der Waals surface area (Å²) in [5.41, 5.74) is 8.47. The number of aromatic nitrogens is 2. The Kier molecular flexibility index (Phi) is 6.02. The maximum atomic E-state index is 14.1. The van der Waals surface area contributed by atoms with Crippen LogP contribution < -0.4 is 10.6 Å². The van der Waals surface area contributed by atoms with E-state index in [9.17, 15) is 14.3 Å². The Morgan fingerprint density at radius 1 is 1.37 bits per heavy atom. The van der Waals surface area contributed by atoms with E-state index >= 15 is 0 Å². The number of aliphatic hydroxyl groups excluding tert-OH is 1. The number of carbonyl (C=O) groups is 1. The van der Waals surface area contributed by atoms with Crippen LogP contribution in [0, 0.1) is 5.82 Å². The highest BCUT2D eigenvalue weighted by Crippen LogP contribution is 2.36. The molecule has 0 bridgehead atoms.